The third-order valence-electron chi connectivity index (χ3n) is 1.81. The Morgan fingerprint density at radius 1 is 1.67 bits per heavy atom. The van der Waals surface area contributed by atoms with Gasteiger partial charge in [0.05, 0.1) is 11.8 Å². The van der Waals surface area contributed by atoms with E-state index in [1.165, 1.54) is 0 Å². The van der Waals surface area contributed by atoms with E-state index in [4.69, 9.17) is 5.11 Å². The molecule has 0 spiro atoms. The zero-order valence-electron chi connectivity index (χ0n) is 8.86. The summed E-state index contributed by atoms with van der Waals surface area (Å²) in [5, 5.41) is 15.6. The number of nitrogens with one attached hydrogen (secondary N) is 1. The van der Waals surface area contributed by atoms with Crippen LogP contribution in [0.2, 0.25) is 0 Å². The number of carbonyl (C=O) groups excluding carboxylic acids is 1. The van der Waals surface area contributed by atoms with E-state index in [0.717, 1.165) is 30.1 Å². The summed E-state index contributed by atoms with van der Waals surface area (Å²) in [6.45, 7) is 3.90. The van der Waals surface area contributed by atoms with Crippen molar-refractivity contribution < 1.29 is 9.90 Å². The van der Waals surface area contributed by atoms with Gasteiger partial charge >= 0.3 is 0 Å². The fourth-order valence-electron chi connectivity index (χ4n) is 1.10. The highest BCUT2D eigenvalue weighted by atomic mass is 32.1. The number of amides is 1. The van der Waals surface area contributed by atoms with Gasteiger partial charge < -0.3 is 10.4 Å². The molecule has 6 heteroatoms. The van der Waals surface area contributed by atoms with Crippen LogP contribution >= 0.6 is 11.5 Å². The zero-order chi connectivity index (χ0) is 11.3. The molecule has 1 unspecified atom stereocenters. The van der Waals surface area contributed by atoms with Crippen LogP contribution in [-0.2, 0) is 6.42 Å². The van der Waals surface area contributed by atoms with Crippen LogP contribution in [0.25, 0.3) is 0 Å². The minimum absolute atomic E-state index is 0.200. The highest BCUT2D eigenvalue weighted by Gasteiger charge is 2.15. The summed E-state index contributed by atoms with van der Waals surface area (Å²) in [7, 11) is 0. The second-order valence-electron chi connectivity index (χ2n) is 3.36. The number of aryl methyl sites for hydroxylation is 1. The lowest BCUT2D eigenvalue weighted by Gasteiger charge is -2.05. The fraction of sp³-hybridized carbons (Fsp3) is 0.667. The lowest BCUT2D eigenvalue weighted by Crippen LogP contribution is -2.30. The number of rotatable bonds is 5. The van der Waals surface area contributed by atoms with Gasteiger partial charge in [0.1, 0.15) is 4.88 Å². The molecule has 0 saturated heterocycles. The lowest BCUT2D eigenvalue weighted by atomic mass is 10.2. The van der Waals surface area contributed by atoms with E-state index in [1.54, 1.807) is 6.92 Å². The summed E-state index contributed by atoms with van der Waals surface area (Å²) >= 11 is 1.09. The average molecular weight is 229 g/mol. The van der Waals surface area contributed by atoms with E-state index in [9.17, 15) is 4.79 Å². The molecule has 1 rings (SSSR count). The Kier molecular flexibility index (Phi) is 4.64. The second kappa shape index (κ2) is 5.77. The predicted octanol–water partition coefficient (Wildman–Crippen LogP) is 0.601. The Hall–Kier alpha value is -1.01. The van der Waals surface area contributed by atoms with Crippen LogP contribution < -0.4 is 5.32 Å². The molecule has 0 fully saturated rings. The van der Waals surface area contributed by atoms with E-state index in [-0.39, 0.29) is 12.5 Å². The molecule has 1 aromatic rings. The molecule has 2 N–H and O–H groups in total. The van der Waals surface area contributed by atoms with Crippen molar-refractivity contribution in [2.45, 2.75) is 32.8 Å². The summed E-state index contributed by atoms with van der Waals surface area (Å²) in [4.78, 5) is 12.2. The molecule has 5 nitrogen and oxygen atoms in total. The van der Waals surface area contributed by atoms with Crippen LogP contribution in [0.3, 0.4) is 0 Å². The molecule has 0 aliphatic carbocycles. The van der Waals surface area contributed by atoms with Gasteiger partial charge in [-0.3, -0.25) is 4.79 Å². The van der Waals surface area contributed by atoms with Gasteiger partial charge in [0.25, 0.3) is 5.91 Å². The standard InChI is InChI=1S/C9H15N3O2S/c1-3-4-7-8(15-12-11-7)9(14)10-5-6(2)13/h6,13H,3-5H2,1-2H3,(H,10,14). The van der Waals surface area contributed by atoms with Crippen molar-refractivity contribution in [3.8, 4) is 0 Å². The van der Waals surface area contributed by atoms with Crippen molar-refractivity contribution in [3.63, 3.8) is 0 Å². The summed E-state index contributed by atoms with van der Waals surface area (Å²) in [5.74, 6) is -0.200. The van der Waals surface area contributed by atoms with Gasteiger partial charge in [-0.1, -0.05) is 17.8 Å². The van der Waals surface area contributed by atoms with E-state index in [1.807, 2.05) is 6.92 Å². The van der Waals surface area contributed by atoms with E-state index in [2.05, 4.69) is 14.9 Å². The molecular weight excluding hydrogens is 214 g/mol. The average Bonchev–Trinajstić information content (AvgIpc) is 2.63. The Morgan fingerprint density at radius 2 is 2.40 bits per heavy atom. The van der Waals surface area contributed by atoms with Crippen LogP contribution in [-0.4, -0.2) is 33.2 Å². The second-order valence-corrected chi connectivity index (χ2v) is 4.11. The molecule has 1 aromatic heterocycles. The van der Waals surface area contributed by atoms with Crippen LogP contribution in [0.1, 0.15) is 35.6 Å². The van der Waals surface area contributed by atoms with E-state index < -0.39 is 6.10 Å². The van der Waals surface area contributed by atoms with Gasteiger partial charge in [-0.25, -0.2) is 0 Å². The van der Waals surface area contributed by atoms with Gasteiger partial charge in [0, 0.05) is 6.54 Å². The van der Waals surface area contributed by atoms with Crippen molar-refractivity contribution in [1.29, 1.82) is 0 Å². The molecule has 0 radical (unpaired) electrons. The van der Waals surface area contributed by atoms with Crippen LogP contribution in [0, 0.1) is 0 Å². The first kappa shape index (κ1) is 12.1. The van der Waals surface area contributed by atoms with Crippen molar-refractivity contribution in [2.24, 2.45) is 0 Å². The molecular formula is C9H15N3O2S. The molecule has 84 valence electrons. The predicted molar refractivity (Wildman–Crippen MR) is 57.9 cm³/mol. The Balaban J connectivity index is 2.60. The van der Waals surface area contributed by atoms with Crippen molar-refractivity contribution in [1.82, 2.24) is 14.9 Å². The van der Waals surface area contributed by atoms with Crippen LogP contribution in [0.15, 0.2) is 0 Å². The first-order valence-electron chi connectivity index (χ1n) is 4.92. The third kappa shape index (κ3) is 3.56. The Morgan fingerprint density at radius 3 is 3.00 bits per heavy atom. The number of aliphatic hydroxyl groups excluding tert-OH is 1. The molecule has 0 bridgehead atoms. The minimum atomic E-state index is -0.538. The first-order valence-corrected chi connectivity index (χ1v) is 5.70. The van der Waals surface area contributed by atoms with Crippen molar-refractivity contribution in [2.75, 3.05) is 6.54 Å². The SMILES string of the molecule is CCCc1nnsc1C(=O)NCC(C)O. The molecule has 1 amide bonds. The van der Waals surface area contributed by atoms with Gasteiger partial charge in [-0.15, -0.1) is 5.10 Å². The summed E-state index contributed by atoms with van der Waals surface area (Å²) in [5.41, 5.74) is 0.741. The molecule has 1 heterocycles. The van der Waals surface area contributed by atoms with Crippen molar-refractivity contribution in [3.05, 3.63) is 10.6 Å². The Labute approximate surface area is 92.7 Å². The minimum Gasteiger partial charge on any atom is -0.392 e. The third-order valence-corrected chi connectivity index (χ3v) is 2.57. The quantitative estimate of drug-likeness (QED) is 0.775. The summed E-state index contributed by atoms with van der Waals surface area (Å²) in [6, 6.07) is 0. The smallest absolute Gasteiger partial charge is 0.265 e. The van der Waals surface area contributed by atoms with E-state index >= 15 is 0 Å². The maximum atomic E-state index is 11.6. The van der Waals surface area contributed by atoms with Gasteiger partial charge in [0.2, 0.25) is 0 Å². The van der Waals surface area contributed by atoms with E-state index in [0.29, 0.717) is 4.88 Å². The fourth-order valence-corrected chi connectivity index (χ4v) is 1.73. The number of aromatic nitrogens is 2. The number of hydrogen-bond acceptors (Lipinski definition) is 5. The number of hydrogen-bond donors (Lipinski definition) is 2. The molecule has 0 aliphatic rings. The normalized spacial score (nSPS) is 12.5. The van der Waals surface area contributed by atoms with Crippen LogP contribution in [0.5, 0.6) is 0 Å². The maximum absolute atomic E-state index is 11.6. The number of carbonyl (C=O) groups is 1. The monoisotopic (exact) mass is 229 g/mol. The van der Waals surface area contributed by atoms with Gasteiger partial charge in [-0.2, -0.15) is 0 Å². The number of aliphatic hydroxyl groups is 1. The van der Waals surface area contributed by atoms with Crippen molar-refractivity contribution >= 4 is 17.4 Å². The van der Waals surface area contributed by atoms with Crippen LogP contribution in [0.4, 0.5) is 0 Å². The zero-order valence-corrected chi connectivity index (χ0v) is 9.67. The van der Waals surface area contributed by atoms with Gasteiger partial charge in [-0.05, 0) is 24.9 Å². The topological polar surface area (TPSA) is 75.1 Å². The van der Waals surface area contributed by atoms with Gasteiger partial charge in [0.15, 0.2) is 0 Å². The highest BCUT2D eigenvalue weighted by molar-refractivity contribution is 7.08. The lowest BCUT2D eigenvalue weighted by molar-refractivity contribution is 0.0927. The Bertz CT molecular complexity index is 325. The molecule has 1 atom stereocenters. The molecule has 0 aromatic carbocycles. The largest absolute Gasteiger partial charge is 0.392 e. The number of nitrogens with zero attached hydrogens (tertiary/aromatic N) is 2. The molecule has 0 aliphatic heterocycles. The molecule has 15 heavy (non-hydrogen) atoms. The first-order chi connectivity index (χ1) is 7.15. The summed E-state index contributed by atoms with van der Waals surface area (Å²) in [6.07, 6.45) is 1.15. The molecule has 0 saturated carbocycles. The highest BCUT2D eigenvalue weighted by Crippen LogP contribution is 2.12. The maximum Gasteiger partial charge on any atom is 0.265 e. The summed E-state index contributed by atoms with van der Waals surface area (Å²) < 4.78 is 3.76.